The summed E-state index contributed by atoms with van der Waals surface area (Å²) in [4.78, 5) is 0. The van der Waals surface area contributed by atoms with Crippen LogP contribution in [0, 0.1) is 0 Å². The molecule has 228 valence electrons. The highest BCUT2D eigenvalue weighted by Crippen LogP contribution is 2.40. The Balaban J connectivity index is 1.21. The van der Waals surface area contributed by atoms with Gasteiger partial charge in [0.05, 0.1) is 11.0 Å². The Bertz CT molecular complexity index is 2800. The number of aromatic nitrogens is 1. The molecule has 0 radical (unpaired) electrons. The first-order valence-corrected chi connectivity index (χ1v) is 16.9. The highest BCUT2D eigenvalue weighted by Gasteiger charge is 2.16. The van der Waals surface area contributed by atoms with Gasteiger partial charge in [0.25, 0.3) is 0 Å². The molecule has 0 aliphatic rings. The largest absolute Gasteiger partial charge is 0.309 e. The van der Waals surface area contributed by atoms with Gasteiger partial charge < -0.3 is 4.57 Å². The molecule has 10 rings (SSSR count). The molecule has 0 unspecified atom stereocenters. The van der Waals surface area contributed by atoms with Crippen LogP contribution in [-0.2, 0) is 0 Å². The minimum atomic E-state index is 1.15. The van der Waals surface area contributed by atoms with Crippen molar-refractivity contribution in [2.45, 2.75) is 0 Å². The quantitative estimate of drug-likeness (QED) is 0.172. The van der Waals surface area contributed by atoms with E-state index in [0.717, 1.165) is 5.69 Å². The monoisotopic (exact) mass is 621 g/mol. The van der Waals surface area contributed by atoms with E-state index in [1.807, 2.05) is 0 Å². The molecular formula is C48H31N. The smallest absolute Gasteiger partial charge is 0.0547 e. The number of para-hydroxylation sites is 1. The zero-order chi connectivity index (χ0) is 32.3. The molecule has 0 fully saturated rings. The van der Waals surface area contributed by atoms with Crippen LogP contribution in [0.2, 0.25) is 0 Å². The second kappa shape index (κ2) is 11.1. The molecule has 0 aliphatic carbocycles. The number of rotatable bonds is 4. The summed E-state index contributed by atoms with van der Waals surface area (Å²) in [6, 6.07) is 68.8. The molecule has 0 aliphatic heterocycles. The predicted octanol–water partition coefficient (Wildman–Crippen LogP) is 13.2. The Morgan fingerprint density at radius 1 is 0.245 bits per heavy atom. The van der Waals surface area contributed by atoms with Crippen LogP contribution in [0.3, 0.4) is 0 Å². The fourth-order valence-electron chi connectivity index (χ4n) is 7.78. The van der Waals surface area contributed by atoms with Crippen molar-refractivity contribution in [2.75, 3.05) is 0 Å². The molecule has 9 aromatic carbocycles. The van der Waals surface area contributed by atoms with E-state index in [1.54, 1.807) is 0 Å². The molecule has 1 aromatic heterocycles. The van der Waals surface area contributed by atoms with E-state index in [9.17, 15) is 0 Å². The summed E-state index contributed by atoms with van der Waals surface area (Å²) in [7, 11) is 0. The summed E-state index contributed by atoms with van der Waals surface area (Å²) >= 11 is 0. The minimum Gasteiger partial charge on any atom is -0.309 e. The van der Waals surface area contributed by atoms with E-state index in [2.05, 4.69) is 193 Å². The Hall–Kier alpha value is -6.44. The summed E-state index contributed by atoms with van der Waals surface area (Å²) in [5, 5.41) is 10.2. The average molecular weight is 622 g/mol. The zero-order valence-corrected chi connectivity index (χ0v) is 26.8. The molecule has 49 heavy (non-hydrogen) atoms. The van der Waals surface area contributed by atoms with Crippen LogP contribution in [-0.4, -0.2) is 4.57 Å². The van der Waals surface area contributed by atoms with Crippen molar-refractivity contribution < 1.29 is 0 Å². The highest BCUT2D eigenvalue weighted by molar-refractivity contribution is 6.21. The first-order chi connectivity index (χ1) is 24.3. The van der Waals surface area contributed by atoms with Gasteiger partial charge in [-0.3, -0.25) is 0 Å². The van der Waals surface area contributed by atoms with Gasteiger partial charge in [-0.1, -0.05) is 140 Å². The molecule has 1 nitrogen and oxygen atoms in total. The van der Waals surface area contributed by atoms with Crippen LogP contribution >= 0.6 is 0 Å². The van der Waals surface area contributed by atoms with Gasteiger partial charge in [0.15, 0.2) is 0 Å². The predicted molar refractivity (Wildman–Crippen MR) is 210 cm³/mol. The lowest BCUT2D eigenvalue weighted by molar-refractivity contribution is 1.18. The van der Waals surface area contributed by atoms with Crippen molar-refractivity contribution in [3.63, 3.8) is 0 Å². The molecule has 1 heteroatoms. The Morgan fingerprint density at radius 3 is 1.55 bits per heavy atom. The van der Waals surface area contributed by atoms with Gasteiger partial charge in [-0.05, 0) is 114 Å². The fourth-order valence-corrected chi connectivity index (χ4v) is 7.78. The third-order valence-electron chi connectivity index (χ3n) is 10.1. The molecular weight excluding hydrogens is 591 g/mol. The number of hydrogen-bond donors (Lipinski definition) is 0. The molecule has 0 atom stereocenters. The number of nitrogens with zero attached hydrogens (tertiary/aromatic N) is 1. The van der Waals surface area contributed by atoms with E-state index in [4.69, 9.17) is 0 Å². The molecule has 0 saturated carbocycles. The van der Waals surface area contributed by atoms with Gasteiger partial charge in [0, 0.05) is 16.5 Å². The van der Waals surface area contributed by atoms with Gasteiger partial charge in [-0.25, -0.2) is 0 Å². The van der Waals surface area contributed by atoms with Gasteiger partial charge in [-0.2, -0.15) is 0 Å². The fraction of sp³-hybridized carbons (Fsp3) is 0. The Kier molecular flexibility index (Phi) is 6.25. The van der Waals surface area contributed by atoms with Gasteiger partial charge in [-0.15, -0.1) is 0 Å². The maximum Gasteiger partial charge on any atom is 0.0547 e. The number of fused-ring (bicyclic) bond motifs is 8. The van der Waals surface area contributed by atoms with E-state index < -0.39 is 0 Å². The molecule has 10 aromatic rings. The maximum atomic E-state index is 2.45. The van der Waals surface area contributed by atoms with Crippen molar-refractivity contribution in [3.05, 3.63) is 188 Å². The van der Waals surface area contributed by atoms with Crippen molar-refractivity contribution in [3.8, 4) is 39.1 Å². The van der Waals surface area contributed by atoms with Crippen molar-refractivity contribution >= 4 is 54.1 Å². The van der Waals surface area contributed by atoms with Crippen molar-refractivity contribution in [1.82, 2.24) is 4.57 Å². The Morgan fingerprint density at radius 2 is 0.816 bits per heavy atom. The lowest BCUT2D eigenvalue weighted by Crippen LogP contribution is -1.95. The normalized spacial score (nSPS) is 11.7. The van der Waals surface area contributed by atoms with Crippen molar-refractivity contribution in [2.24, 2.45) is 0 Å². The lowest BCUT2D eigenvalue weighted by Gasteiger charge is -2.14. The summed E-state index contributed by atoms with van der Waals surface area (Å²) in [6.45, 7) is 0. The second-order valence-electron chi connectivity index (χ2n) is 13.0. The average Bonchev–Trinajstić information content (AvgIpc) is 3.50. The number of benzene rings is 9. The van der Waals surface area contributed by atoms with Crippen LogP contribution in [0.15, 0.2) is 188 Å². The van der Waals surface area contributed by atoms with Crippen molar-refractivity contribution in [1.29, 1.82) is 0 Å². The van der Waals surface area contributed by atoms with E-state index in [0.29, 0.717) is 0 Å². The third-order valence-corrected chi connectivity index (χ3v) is 10.1. The van der Waals surface area contributed by atoms with Gasteiger partial charge in [0.1, 0.15) is 0 Å². The topological polar surface area (TPSA) is 4.93 Å². The minimum absolute atomic E-state index is 1.15. The van der Waals surface area contributed by atoms with E-state index in [-0.39, 0.29) is 0 Å². The summed E-state index contributed by atoms with van der Waals surface area (Å²) in [5.74, 6) is 0. The number of hydrogen-bond acceptors (Lipinski definition) is 0. The zero-order valence-electron chi connectivity index (χ0n) is 26.8. The summed E-state index contributed by atoms with van der Waals surface area (Å²) in [5.41, 5.74) is 10.8. The molecule has 0 N–H and O–H groups in total. The third kappa shape index (κ3) is 4.55. The summed E-state index contributed by atoms with van der Waals surface area (Å²) < 4.78 is 2.45. The molecule has 0 amide bonds. The second-order valence-corrected chi connectivity index (χ2v) is 13.0. The van der Waals surface area contributed by atoms with Gasteiger partial charge >= 0.3 is 0 Å². The molecule has 0 spiro atoms. The lowest BCUT2D eigenvalue weighted by atomic mass is 9.93. The van der Waals surface area contributed by atoms with Crippen LogP contribution in [0.5, 0.6) is 0 Å². The molecule has 1 heterocycles. The maximum absolute atomic E-state index is 2.45. The SMILES string of the molecule is c1ccc(-c2cc(-c3ccccc3)cc(-c3cccc(-n4c5ccccc5c5cc6ccc7c8ccccc8ccc7c6cc54)c3)c2)cc1. The van der Waals surface area contributed by atoms with Crippen LogP contribution in [0.4, 0.5) is 0 Å². The first-order valence-electron chi connectivity index (χ1n) is 16.9. The standard InChI is InChI=1S/C48H31N/c1-3-12-32(13-4-1)37-26-38(33-14-5-2-6-15-33)28-39(27-37)35-17-11-18-40(29-35)49-47-21-10-9-20-44(47)46-30-36-23-25-42-41-19-8-7-16-34(41)22-24-43(42)45(36)31-48(46)49/h1-31H. The van der Waals surface area contributed by atoms with E-state index in [1.165, 1.54) is 87.5 Å². The molecule has 0 bridgehead atoms. The van der Waals surface area contributed by atoms with Gasteiger partial charge in [0.2, 0.25) is 0 Å². The Labute approximate surface area is 284 Å². The molecule has 0 saturated heterocycles. The van der Waals surface area contributed by atoms with Crippen LogP contribution < -0.4 is 0 Å². The first kappa shape index (κ1) is 27.7. The van der Waals surface area contributed by atoms with E-state index >= 15 is 0 Å². The van der Waals surface area contributed by atoms with Crippen LogP contribution in [0.1, 0.15) is 0 Å². The highest BCUT2D eigenvalue weighted by atomic mass is 15.0. The summed E-state index contributed by atoms with van der Waals surface area (Å²) in [6.07, 6.45) is 0. The van der Waals surface area contributed by atoms with Crippen LogP contribution in [0.25, 0.3) is 93.2 Å².